The highest BCUT2D eigenvalue weighted by atomic mass is 19.3. The third kappa shape index (κ3) is 2.98. The van der Waals surface area contributed by atoms with Gasteiger partial charge in [0.2, 0.25) is 5.92 Å². The van der Waals surface area contributed by atoms with E-state index in [-0.39, 0.29) is 18.8 Å². The predicted octanol–water partition coefficient (Wildman–Crippen LogP) is 4.36. The lowest BCUT2D eigenvalue weighted by atomic mass is 9.76. The van der Waals surface area contributed by atoms with E-state index in [2.05, 4.69) is 5.32 Å². The minimum Gasteiger partial charge on any atom is -0.384 e. The van der Waals surface area contributed by atoms with E-state index in [1.165, 1.54) is 12.0 Å². The van der Waals surface area contributed by atoms with Gasteiger partial charge in [-0.25, -0.2) is 13.2 Å². The van der Waals surface area contributed by atoms with Gasteiger partial charge in [0.05, 0.1) is 0 Å². The van der Waals surface area contributed by atoms with Crippen LogP contribution in [0.2, 0.25) is 0 Å². The second-order valence-electron chi connectivity index (χ2n) is 5.26. The summed E-state index contributed by atoms with van der Waals surface area (Å²) in [6, 6.07) is 4.75. The van der Waals surface area contributed by atoms with Crippen molar-refractivity contribution in [2.75, 3.05) is 11.9 Å². The Hall–Kier alpha value is -1.19. The van der Waals surface area contributed by atoms with E-state index in [0.29, 0.717) is 17.8 Å². The van der Waals surface area contributed by atoms with Crippen molar-refractivity contribution in [2.24, 2.45) is 0 Å². The monoisotopic (exact) mass is 256 g/mol. The van der Waals surface area contributed by atoms with Crippen molar-refractivity contribution in [1.29, 1.82) is 0 Å². The molecule has 0 aromatic heterocycles. The summed E-state index contributed by atoms with van der Waals surface area (Å²) in [5.74, 6) is -2.15. The van der Waals surface area contributed by atoms with Crippen molar-refractivity contribution in [3.63, 3.8) is 0 Å². The summed E-state index contributed by atoms with van der Waals surface area (Å²) in [5.41, 5.74) is 1.09. The molecule has 0 bridgehead atoms. The molecule has 99 valence electrons. The Bertz CT molecular complexity index is 421. The summed E-state index contributed by atoms with van der Waals surface area (Å²) >= 11 is 0. The van der Waals surface area contributed by atoms with Crippen LogP contribution in [0.15, 0.2) is 18.2 Å². The van der Waals surface area contributed by atoms with Crippen LogP contribution in [0.4, 0.5) is 18.9 Å². The lowest BCUT2D eigenvalue weighted by Crippen LogP contribution is -2.34. The van der Waals surface area contributed by atoms with Gasteiger partial charge in [-0.1, -0.05) is 19.9 Å². The van der Waals surface area contributed by atoms with Gasteiger partial charge in [-0.05, 0) is 29.5 Å². The van der Waals surface area contributed by atoms with Gasteiger partial charge in [0.15, 0.2) is 0 Å². The smallest absolute Gasteiger partial charge is 0.249 e. The fourth-order valence-electron chi connectivity index (χ4n) is 2.13. The van der Waals surface area contributed by atoms with Crippen LogP contribution in [-0.4, -0.2) is 12.5 Å². The molecule has 0 aliphatic heterocycles. The second-order valence-corrected chi connectivity index (χ2v) is 5.26. The quantitative estimate of drug-likeness (QED) is 0.843. The minimum absolute atomic E-state index is 0.238. The normalized spacial score (nSPS) is 18.8. The van der Waals surface area contributed by atoms with Gasteiger partial charge in [0.25, 0.3) is 0 Å². The van der Waals surface area contributed by atoms with E-state index in [9.17, 15) is 13.2 Å². The largest absolute Gasteiger partial charge is 0.384 e. The molecule has 0 unspecified atom stereocenters. The topological polar surface area (TPSA) is 12.0 Å². The van der Waals surface area contributed by atoms with E-state index < -0.39 is 11.7 Å². The molecular formula is C14H17F3N. The number of rotatable bonds is 4. The molecule has 1 aromatic rings. The summed E-state index contributed by atoms with van der Waals surface area (Å²) in [6.07, 6.45) is -0.475. The highest BCUT2D eigenvalue weighted by molar-refractivity contribution is 5.47. The molecular weight excluding hydrogens is 239 g/mol. The first-order valence-corrected chi connectivity index (χ1v) is 6.07. The second kappa shape index (κ2) is 4.82. The van der Waals surface area contributed by atoms with Crippen LogP contribution in [0.3, 0.4) is 0 Å². The van der Waals surface area contributed by atoms with Gasteiger partial charge >= 0.3 is 0 Å². The van der Waals surface area contributed by atoms with Crippen molar-refractivity contribution in [2.45, 2.75) is 38.5 Å². The Balaban J connectivity index is 2.02. The molecule has 1 aromatic carbocycles. The van der Waals surface area contributed by atoms with E-state index >= 15 is 0 Å². The first-order valence-electron chi connectivity index (χ1n) is 6.07. The zero-order valence-electron chi connectivity index (χ0n) is 10.6. The molecule has 1 aliphatic rings. The molecule has 0 atom stereocenters. The predicted molar refractivity (Wildman–Crippen MR) is 66.4 cm³/mol. The van der Waals surface area contributed by atoms with Crippen LogP contribution in [-0.2, 0) is 0 Å². The molecule has 1 fully saturated rings. The molecule has 4 heteroatoms. The first-order chi connectivity index (χ1) is 8.37. The maximum Gasteiger partial charge on any atom is 0.249 e. The molecule has 0 heterocycles. The maximum atomic E-state index is 13.8. The molecule has 0 spiro atoms. The summed E-state index contributed by atoms with van der Waals surface area (Å²) in [5, 5.41) is 3.08. The van der Waals surface area contributed by atoms with Crippen molar-refractivity contribution in [3.8, 4) is 0 Å². The highest BCUT2D eigenvalue weighted by Gasteiger charge is 2.46. The van der Waals surface area contributed by atoms with Gasteiger partial charge in [-0.3, -0.25) is 0 Å². The van der Waals surface area contributed by atoms with Gasteiger partial charge in [-0.15, -0.1) is 0 Å². The van der Waals surface area contributed by atoms with E-state index in [0.717, 1.165) is 0 Å². The fourth-order valence-corrected chi connectivity index (χ4v) is 2.13. The standard InChI is InChI=1S/C14H17F3N/c1-9(2)8-18-11-3-4-12(13(15)5-11)10-6-14(16,17)7-10/h3-5,10,18H,6-8H2,1-2H3. The van der Waals surface area contributed by atoms with Crippen molar-refractivity contribution >= 4 is 5.69 Å². The number of hydrogen-bond acceptors (Lipinski definition) is 1. The summed E-state index contributed by atoms with van der Waals surface area (Å²) in [7, 11) is 0. The number of hydrogen-bond donors (Lipinski definition) is 1. The van der Waals surface area contributed by atoms with E-state index in [1.54, 1.807) is 12.1 Å². The fraction of sp³-hybridized carbons (Fsp3) is 0.500. The Labute approximate surface area is 105 Å². The van der Waals surface area contributed by atoms with Crippen LogP contribution >= 0.6 is 0 Å². The lowest BCUT2D eigenvalue weighted by Gasteiger charge is -2.35. The molecule has 1 radical (unpaired) electrons. The Morgan fingerprint density at radius 3 is 2.50 bits per heavy atom. The van der Waals surface area contributed by atoms with E-state index in [4.69, 9.17) is 0 Å². The van der Waals surface area contributed by atoms with Gasteiger partial charge in [0, 0.05) is 25.1 Å². The number of anilines is 1. The molecule has 1 N–H and O–H groups in total. The van der Waals surface area contributed by atoms with Crippen LogP contribution in [0.25, 0.3) is 0 Å². The lowest BCUT2D eigenvalue weighted by molar-refractivity contribution is -0.0873. The number of alkyl halides is 2. The zero-order valence-corrected chi connectivity index (χ0v) is 10.6. The van der Waals surface area contributed by atoms with Crippen LogP contribution < -0.4 is 5.32 Å². The Kier molecular flexibility index (Phi) is 3.55. The molecule has 18 heavy (non-hydrogen) atoms. The zero-order chi connectivity index (χ0) is 13.3. The summed E-state index contributed by atoms with van der Waals surface area (Å²) in [4.78, 5) is 0. The SMILES string of the molecule is C[C](C)CNc1ccc(C2CC(F)(F)C2)c(F)c1. The maximum absolute atomic E-state index is 13.8. The highest BCUT2D eigenvalue weighted by Crippen LogP contribution is 2.48. The van der Waals surface area contributed by atoms with Crippen molar-refractivity contribution in [3.05, 3.63) is 35.5 Å². The average Bonchev–Trinajstić information content (AvgIpc) is 2.23. The van der Waals surface area contributed by atoms with Gasteiger partial charge in [-0.2, -0.15) is 0 Å². The summed E-state index contributed by atoms with van der Waals surface area (Å²) < 4.78 is 39.3. The third-order valence-corrected chi connectivity index (χ3v) is 3.18. The number of nitrogens with one attached hydrogen (secondary N) is 1. The molecule has 1 nitrogen and oxygen atoms in total. The average molecular weight is 256 g/mol. The van der Waals surface area contributed by atoms with Crippen LogP contribution in [0.1, 0.15) is 38.2 Å². The van der Waals surface area contributed by atoms with Crippen LogP contribution in [0.5, 0.6) is 0 Å². The van der Waals surface area contributed by atoms with Gasteiger partial charge < -0.3 is 5.32 Å². The first kappa shape index (κ1) is 13.2. The van der Waals surface area contributed by atoms with E-state index in [1.807, 2.05) is 13.8 Å². The molecule has 0 amide bonds. The molecule has 0 saturated heterocycles. The summed E-state index contributed by atoms with van der Waals surface area (Å²) in [6.45, 7) is 4.64. The number of benzene rings is 1. The minimum atomic E-state index is -2.61. The van der Waals surface area contributed by atoms with Crippen LogP contribution in [0, 0.1) is 11.7 Å². The Morgan fingerprint density at radius 2 is 2.00 bits per heavy atom. The molecule has 1 saturated carbocycles. The van der Waals surface area contributed by atoms with Crippen molar-refractivity contribution in [1.82, 2.24) is 0 Å². The Morgan fingerprint density at radius 1 is 1.33 bits per heavy atom. The third-order valence-electron chi connectivity index (χ3n) is 3.18. The van der Waals surface area contributed by atoms with Crippen molar-refractivity contribution < 1.29 is 13.2 Å². The van der Waals surface area contributed by atoms with Gasteiger partial charge in [0.1, 0.15) is 5.82 Å². The number of halogens is 3. The molecule has 2 rings (SSSR count). The molecule has 1 aliphatic carbocycles.